The van der Waals surface area contributed by atoms with Crippen LogP contribution in [-0.4, -0.2) is 17.0 Å². The second-order valence-electron chi connectivity index (χ2n) is 6.08. The first-order valence-electron chi connectivity index (χ1n) is 8.05. The van der Waals surface area contributed by atoms with E-state index in [2.05, 4.69) is 21.2 Å². The molecule has 1 aromatic heterocycles. The standard InChI is InChI=1S/C20H14BrNO3S/c21-13-8-4-7-12(9-13)14-10-15(23)22-17-16(11-5-2-1-3-6-11)19(20(24)25)26-18(14)17/h1-9,14H,10H2,(H,22,23)(H,24,25). The second-order valence-corrected chi connectivity index (χ2v) is 8.04. The molecule has 0 fully saturated rings. The maximum absolute atomic E-state index is 12.4. The van der Waals surface area contributed by atoms with Gasteiger partial charge in [-0.2, -0.15) is 0 Å². The Labute approximate surface area is 162 Å². The van der Waals surface area contributed by atoms with E-state index in [0.29, 0.717) is 17.7 Å². The zero-order chi connectivity index (χ0) is 18.3. The normalized spacial score (nSPS) is 16.0. The number of nitrogens with one attached hydrogen (secondary N) is 1. The molecule has 2 aromatic carbocycles. The molecule has 1 amide bonds. The van der Waals surface area contributed by atoms with Gasteiger partial charge in [-0.3, -0.25) is 4.79 Å². The Hall–Kier alpha value is -2.44. The molecule has 4 nitrogen and oxygen atoms in total. The fourth-order valence-electron chi connectivity index (χ4n) is 3.31. The summed E-state index contributed by atoms with van der Waals surface area (Å²) >= 11 is 4.72. The number of carboxylic acid groups (broad SMARTS) is 1. The number of carbonyl (C=O) groups excluding carboxylic acids is 1. The van der Waals surface area contributed by atoms with Gasteiger partial charge in [-0.15, -0.1) is 11.3 Å². The molecule has 1 atom stereocenters. The van der Waals surface area contributed by atoms with Gasteiger partial charge in [0.25, 0.3) is 0 Å². The van der Waals surface area contributed by atoms with Gasteiger partial charge in [-0.1, -0.05) is 58.4 Å². The predicted molar refractivity (Wildman–Crippen MR) is 106 cm³/mol. The monoisotopic (exact) mass is 427 g/mol. The number of amides is 1. The van der Waals surface area contributed by atoms with Gasteiger partial charge in [0.05, 0.1) is 5.69 Å². The largest absolute Gasteiger partial charge is 0.477 e. The van der Waals surface area contributed by atoms with Crippen molar-refractivity contribution >= 4 is 44.8 Å². The van der Waals surface area contributed by atoms with Crippen LogP contribution < -0.4 is 5.32 Å². The fourth-order valence-corrected chi connectivity index (χ4v) is 4.97. The van der Waals surface area contributed by atoms with Gasteiger partial charge in [0.1, 0.15) is 4.88 Å². The van der Waals surface area contributed by atoms with E-state index >= 15 is 0 Å². The first kappa shape index (κ1) is 17.0. The number of aromatic carboxylic acids is 1. The lowest BCUT2D eigenvalue weighted by Crippen LogP contribution is -2.22. The number of carboxylic acids is 1. The summed E-state index contributed by atoms with van der Waals surface area (Å²) in [4.78, 5) is 25.4. The number of thiophene rings is 1. The second kappa shape index (κ2) is 6.70. The molecule has 0 bridgehead atoms. The van der Waals surface area contributed by atoms with Crippen LogP contribution >= 0.6 is 27.3 Å². The highest BCUT2D eigenvalue weighted by Gasteiger charge is 2.34. The molecule has 3 aromatic rings. The lowest BCUT2D eigenvalue weighted by molar-refractivity contribution is -0.116. The van der Waals surface area contributed by atoms with Crippen molar-refractivity contribution in [3.8, 4) is 11.1 Å². The SMILES string of the molecule is O=C1CC(c2cccc(Br)c2)c2sc(C(=O)O)c(-c3ccccc3)c2N1. The molecule has 130 valence electrons. The molecule has 2 N–H and O–H groups in total. The summed E-state index contributed by atoms with van der Waals surface area (Å²) in [5.74, 6) is -1.24. The molecular weight excluding hydrogens is 414 g/mol. The Morgan fingerprint density at radius 2 is 1.92 bits per heavy atom. The number of benzene rings is 2. The highest BCUT2D eigenvalue weighted by molar-refractivity contribution is 9.10. The topological polar surface area (TPSA) is 66.4 Å². The molecule has 0 aliphatic carbocycles. The van der Waals surface area contributed by atoms with Crippen LogP contribution in [0.15, 0.2) is 59.1 Å². The van der Waals surface area contributed by atoms with Crippen LogP contribution in [0, 0.1) is 0 Å². The maximum Gasteiger partial charge on any atom is 0.346 e. The van der Waals surface area contributed by atoms with Gasteiger partial charge in [-0.05, 0) is 23.3 Å². The fraction of sp³-hybridized carbons (Fsp3) is 0.100. The van der Waals surface area contributed by atoms with Crippen LogP contribution in [0.25, 0.3) is 11.1 Å². The third-order valence-electron chi connectivity index (χ3n) is 4.41. The molecule has 2 heterocycles. The molecule has 0 spiro atoms. The molecule has 0 saturated heterocycles. The van der Waals surface area contributed by atoms with Crippen molar-refractivity contribution < 1.29 is 14.7 Å². The summed E-state index contributed by atoms with van der Waals surface area (Å²) in [5, 5.41) is 12.6. The van der Waals surface area contributed by atoms with Gasteiger partial charge >= 0.3 is 5.97 Å². The average Bonchev–Trinajstić information content (AvgIpc) is 3.01. The van der Waals surface area contributed by atoms with Gasteiger partial charge in [-0.25, -0.2) is 4.79 Å². The van der Waals surface area contributed by atoms with Crippen molar-refractivity contribution in [3.63, 3.8) is 0 Å². The van der Waals surface area contributed by atoms with E-state index in [1.807, 2.05) is 54.6 Å². The Kier molecular flexibility index (Phi) is 4.38. The maximum atomic E-state index is 12.4. The molecule has 1 aliphatic heterocycles. The number of carbonyl (C=O) groups is 2. The number of hydrogen-bond acceptors (Lipinski definition) is 3. The first-order chi connectivity index (χ1) is 12.5. The van der Waals surface area contributed by atoms with E-state index in [9.17, 15) is 14.7 Å². The number of hydrogen-bond donors (Lipinski definition) is 2. The summed E-state index contributed by atoms with van der Waals surface area (Å²) in [6.45, 7) is 0. The van der Waals surface area contributed by atoms with E-state index in [1.165, 1.54) is 11.3 Å². The van der Waals surface area contributed by atoms with Crippen molar-refractivity contribution in [2.45, 2.75) is 12.3 Å². The molecule has 6 heteroatoms. The number of fused-ring (bicyclic) bond motifs is 1. The van der Waals surface area contributed by atoms with E-state index in [-0.39, 0.29) is 16.7 Å². The van der Waals surface area contributed by atoms with Crippen LogP contribution in [-0.2, 0) is 4.79 Å². The van der Waals surface area contributed by atoms with Gasteiger partial charge < -0.3 is 10.4 Å². The smallest absolute Gasteiger partial charge is 0.346 e. The number of anilines is 1. The Morgan fingerprint density at radius 1 is 1.15 bits per heavy atom. The third kappa shape index (κ3) is 2.95. The van der Waals surface area contributed by atoms with E-state index in [1.54, 1.807) is 0 Å². The molecule has 0 radical (unpaired) electrons. The predicted octanol–water partition coefficient (Wildman–Crippen LogP) is 5.35. The van der Waals surface area contributed by atoms with E-state index < -0.39 is 5.97 Å². The summed E-state index contributed by atoms with van der Waals surface area (Å²) < 4.78 is 0.931. The summed E-state index contributed by atoms with van der Waals surface area (Å²) in [7, 11) is 0. The third-order valence-corrected chi connectivity index (χ3v) is 6.20. The van der Waals surface area contributed by atoms with E-state index in [4.69, 9.17) is 0 Å². The van der Waals surface area contributed by atoms with Gasteiger partial charge in [0, 0.05) is 27.3 Å². The lowest BCUT2D eigenvalue weighted by Gasteiger charge is -2.24. The minimum Gasteiger partial charge on any atom is -0.477 e. The van der Waals surface area contributed by atoms with Crippen LogP contribution in [0.5, 0.6) is 0 Å². The zero-order valence-corrected chi connectivity index (χ0v) is 15.9. The van der Waals surface area contributed by atoms with Crippen LogP contribution in [0.4, 0.5) is 5.69 Å². The summed E-state index contributed by atoms with van der Waals surface area (Å²) in [5.41, 5.74) is 3.00. The summed E-state index contributed by atoms with van der Waals surface area (Å²) in [6.07, 6.45) is 0.303. The molecule has 26 heavy (non-hydrogen) atoms. The van der Waals surface area contributed by atoms with Crippen molar-refractivity contribution in [3.05, 3.63) is 74.4 Å². The summed E-state index contributed by atoms with van der Waals surface area (Å²) in [6, 6.07) is 17.1. The Morgan fingerprint density at radius 3 is 2.62 bits per heavy atom. The number of rotatable bonds is 3. The van der Waals surface area contributed by atoms with Crippen molar-refractivity contribution in [2.24, 2.45) is 0 Å². The minimum absolute atomic E-state index is 0.102. The van der Waals surface area contributed by atoms with Crippen molar-refractivity contribution in [1.82, 2.24) is 0 Å². The van der Waals surface area contributed by atoms with Gasteiger partial charge in [0.2, 0.25) is 5.91 Å². The highest BCUT2D eigenvalue weighted by atomic mass is 79.9. The lowest BCUT2D eigenvalue weighted by atomic mass is 9.89. The molecule has 1 aliphatic rings. The molecule has 4 rings (SSSR count). The Balaban J connectivity index is 1.95. The molecular formula is C20H14BrNO3S. The molecule has 0 saturated carbocycles. The molecule has 1 unspecified atom stereocenters. The van der Waals surface area contributed by atoms with Crippen molar-refractivity contribution in [1.29, 1.82) is 0 Å². The quantitative estimate of drug-likeness (QED) is 0.591. The van der Waals surface area contributed by atoms with E-state index in [0.717, 1.165) is 20.5 Å². The first-order valence-corrected chi connectivity index (χ1v) is 9.66. The number of halogens is 1. The zero-order valence-electron chi connectivity index (χ0n) is 13.5. The highest BCUT2D eigenvalue weighted by Crippen LogP contribution is 2.49. The van der Waals surface area contributed by atoms with Crippen molar-refractivity contribution in [2.75, 3.05) is 5.32 Å². The average molecular weight is 428 g/mol. The van der Waals surface area contributed by atoms with Crippen LogP contribution in [0.3, 0.4) is 0 Å². The minimum atomic E-state index is -0.981. The van der Waals surface area contributed by atoms with Crippen LogP contribution in [0.2, 0.25) is 0 Å². The van der Waals surface area contributed by atoms with Crippen LogP contribution in [0.1, 0.15) is 32.5 Å². The van der Waals surface area contributed by atoms with Gasteiger partial charge in [0.15, 0.2) is 0 Å². The Bertz CT molecular complexity index is 1010.